The summed E-state index contributed by atoms with van der Waals surface area (Å²) in [6.07, 6.45) is 5.86. The van der Waals surface area contributed by atoms with Crippen LogP contribution in [0.2, 0.25) is 0 Å². The van der Waals surface area contributed by atoms with Gasteiger partial charge in [0.25, 0.3) is 11.8 Å². The Bertz CT molecular complexity index is 686. The van der Waals surface area contributed by atoms with E-state index in [0.717, 1.165) is 44.1 Å². The van der Waals surface area contributed by atoms with Crippen LogP contribution in [0.4, 0.5) is 0 Å². The van der Waals surface area contributed by atoms with E-state index in [1.165, 1.54) is 0 Å². The monoisotopic (exact) mass is 329 g/mol. The molecular formula is C18H23N3O3. The summed E-state index contributed by atoms with van der Waals surface area (Å²) in [5.41, 5.74) is 0.551. The van der Waals surface area contributed by atoms with Crippen LogP contribution in [0.15, 0.2) is 28.8 Å². The van der Waals surface area contributed by atoms with Gasteiger partial charge in [0, 0.05) is 17.7 Å². The van der Waals surface area contributed by atoms with Gasteiger partial charge in [-0.25, -0.2) is 0 Å². The summed E-state index contributed by atoms with van der Waals surface area (Å²) < 4.78 is 5.11. The minimum absolute atomic E-state index is 0.180. The molecular weight excluding hydrogens is 306 g/mol. The first-order valence-electron chi connectivity index (χ1n) is 8.47. The van der Waals surface area contributed by atoms with Crippen molar-refractivity contribution in [3.8, 4) is 11.5 Å². The van der Waals surface area contributed by atoms with E-state index in [1.807, 2.05) is 0 Å². The number of nitrogens with one attached hydrogen (secondary N) is 1. The number of aryl methyl sites for hydroxylation is 1. The zero-order valence-corrected chi connectivity index (χ0v) is 13.9. The van der Waals surface area contributed by atoms with E-state index in [0.29, 0.717) is 23.8 Å². The summed E-state index contributed by atoms with van der Waals surface area (Å²) in [5, 5.41) is 17.2. The molecule has 1 aromatic heterocycles. The number of rotatable bonds is 4. The molecule has 0 aliphatic heterocycles. The molecule has 1 fully saturated rings. The molecule has 24 heavy (non-hydrogen) atoms. The highest BCUT2D eigenvalue weighted by molar-refractivity contribution is 5.94. The lowest BCUT2D eigenvalue weighted by molar-refractivity contribution is 0.0246. The SMILES string of the molecule is Cc1noc(-c2ccc(C(=O)NCC3(O)CCCCCC3)cc2)n1. The molecule has 0 radical (unpaired) electrons. The molecule has 1 heterocycles. The topological polar surface area (TPSA) is 88.2 Å². The van der Waals surface area contributed by atoms with Crippen molar-refractivity contribution in [3.05, 3.63) is 35.7 Å². The van der Waals surface area contributed by atoms with Gasteiger partial charge in [0.15, 0.2) is 5.82 Å². The quantitative estimate of drug-likeness (QED) is 0.842. The summed E-state index contributed by atoms with van der Waals surface area (Å²) in [6, 6.07) is 7.01. The number of aliphatic hydroxyl groups is 1. The second kappa shape index (κ2) is 7.13. The average molecular weight is 329 g/mol. The zero-order valence-electron chi connectivity index (χ0n) is 13.9. The molecule has 6 nitrogen and oxygen atoms in total. The predicted octanol–water partition coefficient (Wildman–Crippen LogP) is 2.86. The van der Waals surface area contributed by atoms with Crippen molar-refractivity contribution >= 4 is 5.91 Å². The first-order valence-corrected chi connectivity index (χ1v) is 8.47. The van der Waals surface area contributed by atoms with Gasteiger partial charge >= 0.3 is 0 Å². The van der Waals surface area contributed by atoms with Gasteiger partial charge in [0.05, 0.1) is 5.60 Å². The molecule has 3 rings (SSSR count). The van der Waals surface area contributed by atoms with Crippen molar-refractivity contribution in [2.45, 2.75) is 51.0 Å². The van der Waals surface area contributed by atoms with E-state index in [1.54, 1.807) is 31.2 Å². The second-order valence-electron chi connectivity index (χ2n) is 6.55. The fourth-order valence-electron chi connectivity index (χ4n) is 3.09. The zero-order chi connectivity index (χ0) is 17.0. The molecule has 0 saturated heterocycles. The highest BCUT2D eigenvalue weighted by atomic mass is 16.5. The van der Waals surface area contributed by atoms with Gasteiger partial charge in [-0.1, -0.05) is 30.8 Å². The van der Waals surface area contributed by atoms with Crippen LogP contribution in [-0.2, 0) is 0 Å². The van der Waals surface area contributed by atoms with E-state index in [9.17, 15) is 9.90 Å². The van der Waals surface area contributed by atoms with Gasteiger partial charge < -0.3 is 14.9 Å². The van der Waals surface area contributed by atoms with Crippen LogP contribution in [0.25, 0.3) is 11.5 Å². The van der Waals surface area contributed by atoms with Gasteiger partial charge in [-0.05, 0) is 44.0 Å². The van der Waals surface area contributed by atoms with Gasteiger partial charge in [-0.15, -0.1) is 0 Å². The summed E-state index contributed by atoms with van der Waals surface area (Å²) in [6.45, 7) is 2.06. The minimum Gasteiger partial charge on any atom is -0.388 e. The third-order valence-corrected chi connectivity index (χ3v) is 4.53. The predicted molar refractivity (Wildman–Crippen MR) is 89.5 cm³/mol. The molecule has 1 aromatic carbocycles. The fourth-order valence-corrected chi connectivity index (χ4v) is 3.09. The third kappa shape index (κ3) is 4.00. The Kier molecular flexibility index (Phi) is 4.94. The maximum atomic E-state index is 12.3. The normalized spacial score (nSPS) is 17.2. The molecule has 0 bridgehead atoms. The van der Waals surface area contributed by atoms with Crippen LogP contribution in [0.1, 0.15) is 54.7 Å². The third-order valence-electron chi connectivity index (χ3n) is 4.53. The van der Waals surface area contributed by atoms with Crippen molar-refractivity contribution in [1.29, 1.82) is 0 Å². The van der Waals surface area contributed by atoms with Crippen LogP contribution < -0.4 is 5.32 Å². The number of benzene rings is 1. The number of carbonyl (C=O) groups is 1. The van der Waals surface area contributed by atoms with Crippen molar-refractivity contribution in [1.82, 2.24) is 15.5 Å². The Morgan fingerprint density at radius 1 is 1.21 bits per heavy atom. The molecule has 1 aliphatic rings. The van der Waals surface area contributed by atoms with Crippen molar-refractivity contribution in [3.63, 3.8) is 0 Å². The van der Waals surface area contributed by atoms with E-state index < -0.39 is 5.60 Å². The molecule has 2 N–H and O–H groups in total. The summed E-state index contributed by atoms with van der Waals surface area (Å²) in [5.74, 6) is 0.830. The lowest BCUT2D eigenvalue weighted by Crippen LogP contribution is -2.42. The Morgan fingerprint density at radius 2 is 1.88 bits per heavy atom. The minimum atomic E-state index is -0.770. The number of nitrogens with zero attached hydrogens (tertiary/aromatic N) is 2. The Morgan fingerprint density at radius 3 is 2.46 bits per heavy atom. The number of hydrogen-bond donors (Lipinski definition) is 2. The molecule has 128 valence electrons. The summed E-state index contributed by atoms with van der Waals surface area (Å²) in [4.78, 5) is 16.5. The van der Waals surface area contributed by atoms with Gasteiger partial charge in [-0.3, -0.25) is 4.79 Å². The van der Waals surface area contributed by atoms with Crippen molar-refractivity contribution in [2.75, 3.05) is 6.54 Å². The number of hydrogen-bond acceptors (Lipinski definition) is 5. The van der Waals surface area contributed by atoms with Crippen LogP contribution in [0.5, 0.6) is 0 Å². The highest BCUT2D eigenvalue weighted by Crippen LogP contribution is 2.26. The fraction of sp³-hybridized carbons (Fsp3) is 0.500. The summed E-state index contributed by atoms with van der Waals surface area (Å²) >= 11 is 0. The summed E-state index contributed by atoms with van der Waals surface area (Å²) in [7, 11) is 0. The van der Waals surface area contributed by atoms with Gasteiger partial charge in [0.2, 0.25) is 0 Å². The van der Waals surface area contributed by atoms with Crippen LogP contribution >= 0.6 is 0 Å². The molecule has 1 saturated carbocycles. The molecule has 2 aromatic rings. The standard InChI is InChI=1S/C18H23N3O3/c1-13-20-17(24-21-13)15-8-6-14(7-9-15)16(22)19-12-18(23)10-4-2-3-5-11-18/h6-9,23H,2-5,10-12H2,1H3,(H,19,22). The highest BCUT2D eigenvalue weighted by Gasteiger charge is 2.28. The lowest BCUT2D eigenvalue weighted by Gasteiger charge is -2.26. The molecule has 0 atom stereocenters. The Hall–Kier alpha value is -2.21. The first kappa shape index (κ1) is 16.6. The van der Waals surface area contributed by atoms with Gasteiger partial charge in [0.1, 0.15) is 0 Å². The molecule has 1 amide bonds. The van der Waals surface area contributed by atoms with E-state index in [-0.39, 0.29) is 5.91 Å². The van der Waals surface area contributed by atoms with Crippen molar-refractivity contribution < 1.29 is 14.4 Å². The largest absolute Gasteiger partial charge is 0.388 e. The van der Waals surface area contributed by atoms with E-state index in [2.05, 4.69) is 15.5 Å². The maximum Gasteiger partial charge on any atom is 0.257 e. The lowest BCUT2D eigenvalue weighted by atomic mass is 9.94. The second-order valence-corrected chi connectivity index (χ2v) is 6.55. The Balaban J connectivity index is 1.60. The maximum absolute atomic E-state index is 12.3. The number of aromatic nitrogens is 2. The van der Waals surface area contributed by atoms with Crippen LogP contribution in [0, 0.1) is 6.92 Å². The Labute approximate surface area is 141 Å². The van der Waals surface area contributed by atoms with Gasteiger partial charge in [-0.2, -0.15) is 4.98 Å². The smallest absolute Gasteiger partial charge is 0.257 e. The molecule has 0 spiro atoms. The van der Waals surface area contributed by atoms with E-state index >= 15 is 0 Å². The average Bonchev–Trinajstić information content (AvgIpc) is 2.90. The van der Waals surface area contributed by atoms with Crippen LogP contribution in [-0.4, -0.2) is 33.3 Å². The van der Waals surface area contributed by atoms with Crippen LogP contribution in [0.3, 0.4) is 0 Å². The van der Waals surface area contributed by atoms with Crippen molar-refractivity contribution in [2.24, 2.45) is 0 Å². The molecule has 6 heteroatoms. The number of carbonyl (C=O) groups excluding carboxylic acids is 1. The molecule has 1 aliphatic carbocycles. The molecule has 0 unspecified atom stereocenters. The van der Waals surface area contributed by atoms with E-state index in [4.69, 9.17) is 4.52 Å². The number of amides is 1. The first-order chi connectivity index (χ1) is 11.6.